The summed E-state index contributed by atoms with van der Waals surface area (Å²) in [7, 11) is 0. The van der Waals surface area contributed by atoms with Crippen LogP contribution in [0.4, 0.5) is 30.7 Å². The van der Waals surface area contributed by atoms with Crippen molar-refractivity contribution in [1.29, 1.82) is 0 Å². The van der Waals surface area contributed by atoms with Gasteiger partial charge in [-0.2, -0.15) is 0 Å². The molecule has 2 aromatic carbocycles. The Morgan fingerprint density at radius 1 is 0.526 bits per heavy atom. The van der Waals surface area contributed by atoms with E-state index in [1.54, 1.807) is 0 Å². The highest BCUT2D eigenvalue weighted by Gasteiger charge is 2.28. The van der Waals surface area contributed by atoms with Gasteiger partial charge < -0.3 is 0 Å². The first-order valence-corrected chi connectivity index (χ1v) is 4.82. The van der Waals surface area contributed by atoms with Crippen molar-refractivity contribution in [3.8, 4) is 11.1 Å². The van der Waals surface area contributed by atoms with Gasteiger partial charge in [-0.05, 0) is 6.07 Å². The summed E-state index contributed by atoms with van der Waals surface area (Å²) in [5, 5.41) is 0. The fourth-order valence-corrected chi connectivity index (χ4v) is 1.54. The molecule has 19 heavy (non-hydrogen) atoms. The molecule has 0 radical (unpaired) electrons. The highest BCUT2D eigenvalue weighted by atomic mass is 19.2. The number of benzene rings is 2. The molecule has 0 heterocycles. The summed E-state index contributed by atoms with van der Waals surface area (Å²) >= 11 is 0. The SMILES string of the molecule is Fc1cccc(-c2c(F)c(F)c(F)c(F)c2F)c1F. The molecule has 0 saturated heterocycles. The average molecular weight is 280 g/mol. The molecule has 0 aliphatic rings. The third-order valence-corrected chi connectivity index (χ3v) is 2.43. The van der Waals surface area contributed by atoms with Crippen LogP contribution in [-0.4, -0.2) is 0 Å². The molecule has 100 valence electrons. The Hall–Kier alpha value is -2.05. The van der Waals surface area contributed by atoms with E-state index in [0.29, 0.717) is 12.1 Å². The second-order valence-corrected chi connectivity index (χ2v) is 3.55. The predicted molar refractivity (Wildman–Crippen MR) is 51.6 cm³/mol. The lowest BCUT2D eigenvalue weighted by molar-refractivity contribution is 0.380. The van der Waals surface area contributed by atoms with Gasteiger partial charge in [0.1, 0.15) is 0 Å². The van der Waals surface area contributed by atoms with E-state index in [4.69, 9.17) is 0 Å². The molecule has 0 N–H and O–H groups in total. The summed E-state index contributed by atoms with van der Waals surface area (Å²) in [4.78, 5) is 0. The molecule has 0 aliphatic carbocycles. The number of halogens is 7. The summed E-state index contributed by atoms with van der Waals surface area (Å²) in [6.45, 7) is 0. The fourth-order valence-electron chi connectivity index (χ4n) is 1.54. The maximum atomic E-state index is 13.4. The second-order valence-electron chi connectivity index (χ2n) is 3.55. The summed E-state index contributed by atoms with van der Waals surface area (Å²) in [6, 6.07) is 2.23. The van der Waals surface area contributed by atoms with Crippen LogP contribution in [-0.2, 0) is 0 Å². The van der Waals surface area contributed by atoms with Gasteiger partial charge in [-0.1, -0.05) is 12.1 Å². The van der Waals surface area contributed by atoms with Crippen molar-refractivity contribution in [2.24, 2.45) is 0 Å². The third kappa shape index (κ3) is 1.94. The Kier molecular flexibility index (Phi) is 3.21. The first-order chi connectivity index (χ1) is 8.86. The van der Waals surface area contributed by atoms with E-state index in [0.717, 1.165) is 6.07 Å². The van der Waals surface area contributed by atoms with Crippen LogP contribution >= 0.6 is 0 Å². The van der Waals surface area contributed by atoms with Crippen LogP contribution in [0.15, 0.2) is 18.2 Å². The quantitative estimate of drug-likeness (QED) is 0.414. The van der Waals surface area contributed by atoms with E-state index in [9.17, 15) is 30.7 Å². The summed E-state index contributed by atoms with van der Waals surface area (Å²) in [5.41, 5.74) is -2.55. The predicted octanol–water partition coefficient (Wildman–Crippen LogP) is 4.33. The Bertz CT molecular complexity index is 635. The van der Waals surface area contributed by atoms with Crippen molar-refractivity contribution < 1.29 is 30.7 Å². The van der Waals surface area contributed by atoms with E-state index in [1.165, 1.54) is 0 Å². The van der Waals surface area contributed by atoms with Crippen molar-refractivity contribution in [1.82, 2.24) is 0 Å². The topological polar surface area (TPSA) is 0 Å². The number of rotatable bonds is 1. The Morgan fingerprint density at radius 2 is 1.00 bits per heavy atom. The van der Waals surface area contributed by atoms with E-state index in [1.807, 2.05) is 0 Å². The number of hydrogen-bond donors (Lipinski definition) is 0. The lowest BCUT2D eigenvalue weighted by Gasteiger charge is -2.09. The van der Waals surface area contributed by atoms with Crippen LogP contribution in [0.1, 0.15) is 0 Å². The van der Waals surface area contributed by atoms with E-state index < -0.39 is 51.8 Å². The maximum absolute atomic E-state index is 13.4. The van der Waals surface area contributed by atoms with E-state index in [2.05, 4.69) is 0 Å². The highest BCUT2D eigenvalue weighted by Crippen LogP contribution is 2.33. The smallest absolute Gasteiger partial charge is 0.200 e. The molecule has 0 fully saturated rings. The zero-order valence-corrected chi connectivity index (χ0v) is 8.88. The van der Waals surface area contributed by atoms with Gasteiger partial charge in [0.05, 0.1) is 5.56 Å². The van der Waals surface area contributed by atoms with Gasteiger partial charge in [0.15, 0.2) is 34.9 Å². The molecule has 0 saturated carbocycles. The lowest BCUT2D eigenvalue weighted by Crippen LogP contribution is -2.05. The van der Waals surface area contributed by atoms with Gasteiger partial charge in [-0.3, -0.25) is 0 Å². The molecule has 0 amide bonds. The molecule has 0 atom stereocenters. The van der Waals surface area contributed by atoms with Crippen LogP contribution in [0, 0.1) is 40.7 Å². The van der Waals surface area contributed by atoms with Gasteiger partial charge in [-0.25, -0.2) is 30.7 Å². The summed E-state index contributed by atoms with van der Waals surface area (Å²) < 4.78 is 91.8. The van der Waals surface area contributed by atoms with Crippen molar-refractivity contribution in [3.63, 3.8) is 0 Å². The standard InChI is InChI=1S/C12H3F7/c13-5-3-1-2-4(7(5)14)6-8(15)10(17)12(19)11(18)9(6)16/h1-3H. The average Bonchev–Trinajstić information content (AvgIpc) is 2.39. The summed E-state index contributed by atoms with van der Waals surface area (Å²) in [5.74, 6) is -14.4. The van der Waals surface area contributed by atoms with Crippen LogP contribution < -0.4 is 0 Å². The largest absolute Gasteiger partial charge is 0.204 e. The molecule has 0 aromatic heterocycles. The minimum atomic E-state index is -2.37. The van der Waals surface area contributed by atoms with Gasteiger partial charge in [-0.15, -0.1) is 0 Å². The van der Waals surface area contributed by atoms with Gasteiger partial charge in [0.2, 0.25) is 5.82 Å². The molecule has 2 rings (SSSR count). The Labute approximate surface area is 102 Å². The molecule has 2 aromatic rings. The highest BCUT2D eigenvalue weighted by molar-refractivity contribution is 5.66. The second kappa shape index (κ2) is 4.56. The summed E-state index contributed by atoms with van der Waals surface area (Å²) in [6.07, 6.45) is 0. The van der Waals surface area contributed by atoms with Crippen molar-refractivity contribution in [3.05, 3.63) is 58.9 Å². The normalized spacial score (nSPS) is 10.9. The van der Waals surface area contributed by atoms with Gasteiger partial charge in [0, 0.05) is 5.56 Å². The fraction of sp³-hybridized carbons (Fsp3) is 0. The molecule has 0 bridgehead atoms. The van der Waals surface area contributed by atoms with Gasteiger partial charge >= 0.3 is 0 Å². The van der Waals surface area contributed by atoms with E-state index >= 15 is 0 Å². The lowest BCUT2D eigenvalue weighted by atomic mass is 10.0. The maximum Gasteiger partial charge on any atom is 0.200 e. The minimum absolute atomic E-state index is 0.644. The van der Waals surface area contributed by atoms with Gasteiger partial charge in [0.25, 0.3) is 0 Å². The van der Waals surface area contributed by atoms with Crippen molar-refractivity contribution >= 4 is 0 Å². The molecule has 0 aliphatic heterocycles. The van der Waals surface area contributed by atoms with Crippen molar-refractivity contribution in [2.75, 3.05) is 0 Å². The number of hydrogen-bond acceptors (Lipinski definition) is 0. The Morgan fingerprint density at radius 3 is 1.53 bits per heavy atom. The third-order valence-electron chi connectivity index (χ3n) is 2.43. The minimum Gasteiger partial charge on any atom is -0.204 e. The zero-order chi connectivity index (χ0) is 14.3. The van der Waals surface area contributed by atoms with Crippen LogP contribution in [0.3, 0.4) is 0 Å². The first kappa shape index (κ1) is 13.4. The van der Waals surface area contributed by atoms with Crippen molar-refractivity contribution in [2.45, 2.75) is 0 Å². The molecule has 0 nitrogen and oxygen atoms in total. The molecular weight excluding hydrogens is 277 g/mol. The first-order valence-electron chi connectivity index (χ1n) is 4.82. The monoisotopic (exact) mass is 280 g/mol. The molecular formula is C12H3F7. The molecule has 0 unspecified atom stereocenters. The molecule has 0 spiro atoms. The molecule has 7 heteroatoms. The van der Waals surface area contributed by atoms with E-state index in [-0.39, 0.29) is 0 Å². The Balaban J connectivity index is 2.87. The van der Waals surface area contributed by atoms with Crippen LogP contribution in [0.2, 0.25) is 0 Å². The van der Waals surface area contributed by atoms with Crippen LogP contribution in [0.5, 0.6) is 0 Å². The zero-order valence-electron chi connectivity index (χ0n) is 8.88. The van der Waals surface area contributed by atoms with Crippen LogP contribution in [0.25, 0.3) is 11.1 Å².